The Morgan fingerprint density at radius 1 is 1.33 bits per heavy atom. The van der Waals surface area contributed by atoms with Crippen LogP contribution < -0.4 is 0 Å². The van der Waals surface area contributed by atoms with Crippen molar-refractivity contribution in [1.29, 1.82) is 0 Å². The normalized spacial score (nSPS) is 11.8. The summed E-state index contributed by atoms with van der Waals surface area (Å²) in [5.41, 5.74) is 3.39. The van der Waals surface area contributed by atoms with Gasteiger partial charge in [0.1, 0.15) is 0 Å². The first-order valence-corrected chi connectivity index (χ1v) is 4.07. The predicted molar refractivity (Wildman–Crippen MR) is 51.9 cm³/mol. The molecule has 0 saturated heterocycles. The summed E-state index contributed by atoms with van der Waals surface area (Å²) < 4.78 is 0. The monoisotopic (exact) mass is 162 g/mol. The molecule has 0 fully saturated rings. The predicted octanol–water partition coefficient (Wildman–Crippen LogP) is 2.39. The minimum absolute atomic E-state index is 0.133. The maximum absolute atomic E-state index is 8.78. The van der Waals surface area contributed by atoms with E-state index in [9.17, 15) is 0 Å². The van der Waals surface area contributed by atoms with Crippen LogP contribution in [0.1, 0.15) is 18.1 Å². The number of aliphatic hydroxyl groups excluding tert-OH is 1. The fourth-order valence-electron chi connectivity index (χ4n) is 0.993. The minimum Gasteiger partial charge on any atom is -0.392 e. The van der Waals surface area contributed by atoms with Crippen molar-refractivity contribution in [2.45, 2.75) is 13.8 Å². The van der Waals surface area contributed by atoms with Crippen LogP contribution >= 0.6 is 0 Å². The molecular weight excluding hydrogens is 148 g/mol. The summed E-state index contributed by atoms with van der Waals surface area (Å²) in [5.74, 6) is 0. The van der Waals surface area contributed by atoms with Crippen molar-refractivity contribution in [3.63, 3.8) is 0 Å². The van der Waals surface area contributed by atoms with E-state index in [1.807, 2.05) is 13.0 Å². The number of benzene rings is 1. The third kappa shape index (κ3) is 2.51. The smallest absolute Gasteiger partial charge is 0.0642 e. The van der Waals surface area contributed by atoms with Gasteiger partial charge in [0.2, 0.25) is 0 Å². The highest BCUT2D eigenvalue weighted by atomic mass is 16.3. The molecule has 1 rings (SSSR count). The first kappa shape index (κ1) is 9.01. The fraction of sp³-hybridized carbons (Fsp3) is 0.273. The van der Waals surface area contributed by atoms with E-state index in [4.69, 9.17) is 5.11 Å². The summed E-state index contributed by atoms with van der Waals surface area (Å²) >= 11 is 0. The number of hydrogen-bond acceptors (Lipinski definition) is 1. The molecule has 1 N–H and O–H groups in total. The maximum atomic E-state index is 8.78. The van der Waals surface area contributed by atoms with Crippen molar-refractivity contribution in [1.82, 2.24) is 0 Å². The highest BCUT2D eigenvalue weighted by Crippen LogP contribution is 2.07. The quantitative estimate of drug-likeness (QED) is 0.708. The molecule has 0 unspecified atom stereocenters. The maximum Gasteiger partial charge on any atom is 0.0642 e. The number of rotatable bonds is 2. The summed E-state index contributed by atoms with van der Waals surface area (Å²) in [7, 11) is 0. The highest BCUT2D eigenvalue weighted by molar-refractivity contribution is 5.52. The van der Waals surface area contributed by atoms with Gasteiger partial charge in [-0.1, -0.05) is 35.9 Å². The largest absolute Gasteiger partial charge is 0.392 e. The van der Waals surface area contributed by atoms with Gasteiger partial charge in [-0.3, -0.25) is 0 Å². The Morgan fingerprint density at radius 2 is 1.92 bits per heavy atom. The molecule has 1 nitrogen and oxygen atoms in total. The lowest BCUT2D eigenvalue weighted by molar-refractivity contribution is 0.332. The first-order valence-electron chi connectivity index (χ1n) is 4.07. The van der Waals surface area contributed by atoms with Gasteiger partial charge < -0.3 is 5.11 Å². The Labute approximate surface area is 73.4 Å². The molecule has 0 aliphatic heterocycles. The third-order valence-electron chi connectivity index (χ3n) is 1.74. The zero-order valence-corrected chi connectivity index (χ0v) is 7.54. The molecule has 0 amide bonds. The van der Waals surface area contributed by atoms with Crippen molar-refractivity contribution in [2.75, 3.05) is 6.61 Å². The molecule has 64 valence electrons. The Morgan fingerprint density at radius 3 is 2.42 bits per heavy atom. The summed E-state index contributed by atoms with van der Waals surface area (Å²) in [6.45, 7) is 4.11. The van der Waals surface area contributed by atoms with Gasteiger partial charge in [-0.25, -0.2) is 0 Å². The van der Waals surface area contributed by atoms with Crippen LogP contribution in [-0.2, 0) is 0 Å². The van der Waals surface area contributed by atoms with E-state index in [1.165, 1.54) is 5.56 Å². The number of aryl methyl sites for hydroxylation is 1. The van der Waals surface area contributed by atoms with Crippen LogP contribution in [-0.4, -0.2) is 11.7 Å². The molecule has 0 radical (unpaired) electrons. The Bertz CT molecular complexity index is 270. The third-order valence-corrected chi connectivity index (χ3v) is 1.74. The lowest BCUT2D eigenvalue weighted by atomic mass is 10.1. The highest BCUT2D eigenvalue weighted by Gasteiger charge is 1.88. The molecule has 0 atom stereocenters. The second kappa shape index (κ2) is 4.07. The van der Waals surface area contributed by atoms with Gasteiger partial charge in [0.25, 0.3) is 0 Å². The number of hydrogen-bond donors (Lipinski definition) is 1. The van der Waals surface area contributed by atoms with Crippen molar-refractivity contribution in [2.24, 2.45) is 0 Å². The van der Waals surface area contributed by atoms with E-state index < -0.39 is 0 Å². The average molecular weight is 162 g/mol. The first-order chi connectivity index (χ1) is 5.72. The molecule has 0 aliphatic carbocycles. The van der Waals surface area contributed by atoms with Crippen LogP contribution in [0.25, 0.3) is 6.08 Å². The van der Waals surface area contributed by atoms with Crippen molar-refractivity contribution in [3.05, 3.63) is 41.0 Å². The molecular formula is C11H14O. The van der Waals surface area contributed by atoms with Crippen LogP contribution in [0.2, 0.25) is 0 Å². The van der Waals surface area contributed by atoms with E-state index in [0.717, 1.165) is 11.1 Å². The molecule has 12 heavy (non-hydrogen) atoms. The Hall–Kier alpha value is -1.08. The average Bonchev–Trinajstić information content (AvgIpc) is 2.09. The molecule has 0 saturated carbocycles. The zero-order chi connectivity index (χ0) is 8.97. The molecule has 1 aromatic rings. The summed E-state index contributed by atoms with van der Waals surface area (Å²) in [4.78, 5) is 0. The van der Waals surface area contributed by atoms with Crippen LogP contribution in [0.4, 0.5) is 0 Å². The van der Waals surface area contributed by atoms with Gasteiger partial charge in [-0.05, 0) is 25.0 Å². The topological polar surface area (TPSA) is 20.2 Å². The molecule has 0 spiro atoms. The summed E-state index contributed by atoms with van der Waals surface area (Å²) in [5, 5.41) is 8.78. The lowest BCUT2D eigenvalue weighted by Crippen LogP contribution is -1.83. The van der Waals surface area contributed by atoms with Crippen molar-refractivity contribution < 1.29 is 5.11 Å². The lowest BCUT2D eigenvalue weighted by Gasteiger charge is -1.97. The SMILES string of the molecule is CC(=Cc1ccc(C)cc1)CO. The van der Waals surface area contributed by atoms with Gasteiger partial charge in [0.15, 0.2) is 0 Å². The molecule has 0 bridgehead atoms. The van der Waals surface area contributed by atoms with Gasteiger partial charge in [0, 0.05) is 0 Å². The Balaban J connectivity index is 2.84. The van der Waals surface area contributed by atoms with E-state index >= 15 is 0 Å². The van der Waals surface area contributed by atoms with Crippen LogP contribution in [0.3, 0.4) is 0 Å². The molecule has 1 aromatic carbocycles. The molecule has 0 aromatic heterocycles. The second-order valence-corrected chi connectivity index (χ2v) is 3.06. The summed E-state index contributed by atoms with van der Waals surface area (Å²) in [6, 6.07) is 8.23. The second-order valence-electron chi connectivity index (χ2n) is 3.06. The van der Waals surface area contributed by atoms with Gasteiger partial charge in [-0.15, -0.1) is 0 Å². The minimum atomic E-state index is 0.133. The molecule has 0 aliphatic rings. The fourth-order valence-corrected chi connectivity index (χ4v) is 0.993. The molecule has 1 heteroatoms. The van der Waals surface area contributed by atoms with E-state index in [1.54, 1.807) is 0 Å². The molecule has 0 heterocycles. The van der Waals surface area contributed by atoms with Gasteiger partial charge in [0.05, 0.1) is 6.61 Å². The zero-order valence-electron chi connectivity index (χ0n) is 7.54. The van der Waals surface area contributed by atoms with Gasteiger partial charge in [-0.2, -0.15) is 0 Å². The van der Waals surface area contributed by atoms with E-state index in [2.05, 4.69) is 31.2 Å². The van der Waals surface area contributed by atoms with Crippen LogP contribution in [0.5, 0.6) is 0 Å². The summed E-state index contributed by atoms with van der Waals surface area (Å²) in [6.07, 6.45) is 1.99. The van der Waals surface area contributed by atoms with E-state index in [0.29, 0.717) is 0 Å². The number of aliphatic hydroxyl groups is 1. The van der Waals surface area contributed by atoms with Gasteiger partial charge >= 0.3 is 0 Å². The van der Waals surface area contributed by atoms with Crippen molar-refractivity contribution in [3.8, 4) is 0 Å². The van der Waals surface area contributed by atoms with Crippen LogP contribution in [0, 0.1) is 6.92 Å². The van der Waals surface area contributed by atoms with Crippen molar-refractivity contribution >= 4 is 6.08 Å². The van der Waals surface area contributed by atoms with Crippen LogP contribution in [0.15, 0.2) is 29.8 Å². The Kier molecular flexibility index (Phi) is 3.06. The van der Waals surface area contributed by atoms with E-state index in [-0.39, 0.29) is 6.61 Å². The standard InChI is InChI=1S/C11H14O/c1-9-3-5-11(6-4-9)7-10(2)8-12/h3-7,12H,8H2,1-2H3.